The molecule has 1 fully saturated rings. The second kappa shape index (κ2) is 10.6. The van der Waals surface area contributed by atoms with Gasteiger partial charge in [0.25, 0.3) is 0 Å². The molecule has 3 nitrogen and oxygen atoms in total. The summed E-state index contributed by atoms with van der Waals surface area (Å²) in [6, 6.07) is 0. The van der Waals surface area contributed by atoms with Crippen molar-refractivity contribution < 1.29 is 17.9 Å². The third-order valence-electron chi connectivity index (χ3n) is 4.99. The number of aliphatic imine (C=N–C) groups is 1. The number of thioether (sulfide) groups is 1. The Bertz CT molecular complexity index is 448. The molecule has 0 N–H and O–H groups in total. The van der Waals surface area contributed by atoms with Gasteiger partial charge < -0.3 is 9.64 Å². The summed E-state index contributed by atoms with van der Waals surface area (Å²) in [6.45, 7) is 5.43. The Kier molecular flexibility index (Phi) is 8.79. The van der Waals surface area contributed by atoms with Crippen LogP contribution in [0.3, 0.4) is 0 Å². The SMILES string of the molecule is C=NC1=C(SCOCC(F)(F)F)CCN(CCC2CCCCC2)CC1. The van der Waals surface area contributed by atoms with E-state index in [0.29, 0.717) is 0 Å². The fourth-order valence-corrected chi connectivity index (χ4v) is 4.45. The van der Waals surface area contributed by atoms with Crippen molar-refractivity contribution in [3.05, 3.63) is 10.6 Å². The molecule has 0 bridgehead atoms. The molecule has 1 saturated carbocycles. The zero-order valence-electron chi connectivity index (χ0n) is 14.8. The van der Waals surface area contributed by atoms with Crippen LogP contribution in [0.15, 0.2) is 15.6 Å². The number of hydrogen-bond acceptors (Lipinski definition) is 4. The van der Waals surface area contributed by atoms with Crippen molar-refractivity contribution in [2.45, 2.75) is 57.5 Å². The number of halogens is 3. The molecule has 0 aromatic rings. The van der Waals surface area contributed by atoms with Gasteiger partial charge in [-0.05, 0) is 32.0 Å². The van der Waals surface area contributed by atoms with Crippen molar-refractivity contribution >= 4 is 18.5 Å². The molecule has 0 saturated heterocycles. The molecule has 0 amide bonds. The summed E-state index contributed by atoms with van der Waals surface area (Å²) in [4.78, 5) is 7.59. The predicted molar refractivity (Wildman–Crippen MR) is 97.9 cm³/mol. The molecule has 1 aliphatic carbocycles. The van der Waals surface area contributed by atoms with Crippen LogP contribution >= 0.6 is 11.8 Å². The van der Waals surface area contributed by atoms with E-state index in [1.54, 1.807) is 0 Å². The van der Waals surface area contributed by atoms with E-state index < -0.39 is 12.8 Å². The molecule has 2 rings (SSSR count). The van der Waals surface area contributed by atoms with Gasteiger partial charge in [0, 0.05) is 24.4 Å². The Hall–Kier alpha value is -0.530. The molecular weight excluding hydrogens is 349 g/mol. The molecule has 0 aromatic carbocycles. The summed E-state index contributed by atoms with van der Waals surface area (Å²) >= 11 is 1.33. The Morgan fingerprint density at radius 1 is 1.16 bits per heavy atom. The van der Waals surface area contributed by atoms with Gasteiger partial charge in [-0.2, -0.15) is 13.2 Å². The monoisotopic (exact) mass is 378 g/mol. The summed E-state index contributed by atoms with van der Waals surface area (Å²) in [5.41, 5.74) is 0.917. The summed E-state index contributed by atoms with van der Waals surface area (Å²) in [7, 11) is 0. The highest BCUT2D eigenvalue weighted by molar-refractivity contribution is 8.02. The van der Waals surface area contributed by atoms with E-state index in [4.69, 9.17) is 4.74 Å². The van der Waals surface area contributed by atoms with Gasteiger partial charge in [0.2, 0.25) is 0 Å². The molecule has 1 aliphatic heterocycles. The van der Waals surface area contributed by atoms with E-state index in [2.05, 4.69) is 16.6 Å². The third-order valence-corrected chi connectivity index (χ3v) is 6.07. The van der Waals surface area contributed by atoms with Crippen molar-refractivity contribution in [2.75, 3.05) is 32.2 Å². The van der Waals surface area contributed by atoms with Crippen molar-refractivity contribution in [2.24, 2.45) is 10.9 Å². The topological polar surface area (TPSA) is 24.8 Å². The minimum atomic E-state index is -4.27. The lowest BCUT2D eigenvalue weighted by molar-refractivity contribution is -0.168. The molecule has 144 valence electrons. The minimum Gasteiger partial charge on any atom is -0.361 e. The number of rotatable bonds is 8. The van der Waals surface area contributed by atoms with Crippen LogP contribution in [0.2, 0.25) is 0 Å². The van der Waals surface area contributed by atoms with E-state index >= 15 is 0 Å². The Balaban J connectivity index is 1.73. The Morgan fingerprint density at radius 3 is 2.56 bits per heavy atom. The number of alkyl halides is 3. The fourth-order valence-electron chi connectivity index (χ4n) is 3.58. The van der Waals surface area contributed by atoms with Crippen molar-refractivity contribution in [1.82, 2.24) is 4.90 Å². The fraction of sp³-hybridized carbons (Fsp3) is 0.833. The van der Waals surface area contributed by atoms with Gasteiger partial charge in [0.05, 0.1) is 11.6 Å². The van der Waals surface area contributed by atoms with E-state index in [1.165, 1.54) is 50.3 Å². The maximum absolute atomic E-state index is 12.1. The summed E-state index contributed by atoms with van der Waals surface area (Å²) in [5, 5.41) is 0. The summed E-state index contributed by atoms with van der Waals surface area (Å²) in [5.74, 6) is 0.877. The lowest BCUT2D eigenvalue weighted by Gasteiger charge is -2.26. The number of ether oxygens (including phenoxy) is 1. The lowest BCUT2D eigenvalue weighted by atomic mass is 9.87. The molecule has 25 heavy (non-hydrogen) atoms. The van der Waals surface area contributed by atoms with Crippen molar-refractivity contribution in [3.63, 3.8) is 0 Å². The highest BCUT2D eigenvalue weighted by Gasteiger charge is 2.27. The molecule has 7 heteroatoms. The molecular formula is C18H29F3N2OS. The highest BCUT2D eigenvalue weighted by Crippen LogP contribution is 2.31. The van der Waals surface area contributed by atoms with Gasteiger partial charge in [-0.25, -0.2) is 0 Å². The highest BCUT2D eigenvalue weighted by atomic mass is 32.2. The largest absolute Gasteiger partial charge is 0.411 e. The standard InChI is InChI=1S/C18H29F3N2OS/c1-22-16-8-11-23(10-7-15-5-3-2-4-6-15)12-9-17(16)25-14-24-13-18(19,20)21/h15H,1-14H2. The van der Waals surface area contributed by atoms with Crippen LogP contribution in [0.5, 0.6) is 0 Å². The van der Waals surface area contributed by atoms with Gasteiger partial charge in [0.1, 0.15) is 6.61 Å². The molecule has 0 unspecified atom stereocenters. The van der Waals surface area contributed by atoms with Gasteiger partial charge >= 0.3 is 6.18 Å². The maximum atomic E-state index is 12.1. The average Bonchev–Trinajstić information content (AvgIpc) is 2.79. The van der Waals surface area contributed by atoms with Gasteiger partial charge in [-0.15, -0.1) is 11.8 Å². The molecule has 2 aliphatic rings. The third kappa shape index (κ3) is 8.13. The lowest BCUT2D eigenvalue weighted by Crippen LogP contribution is -2.28. The van der Waals surface area contributed by atoms with E-state index in [0.717, 1.165) is 49.0 Å². The molecule has 0 atom stereocenters. The first-order chi connectivity index (χ1) is 12.0. The average molecular weight is 379 g/mol. The first kappa shape index (κ1) is 20.8. The minimum absolute atomic E-state index is 0.00986. The van der Waals surface area contributed by atoms with Crippen LogP contribution in [0.25, 0.3) is 0 Å². The normalized spacial score (nSPS) is 21.4. The zero-order valence-corrected chi connectivity index (χ0v) is 15.6. The molecule has 0 spiro atoms. The van der Waals surface area contributed by atoms with Crippen LogP contribution in [0.1, 0.15) is 51.4 Å². The van der Waals surface area contributed by atoms with E-state index in [1.807, 2.05) is 0 Å². The second-order valence-electron chi connectivity index (χ2n) is 6.89. The number of nitrogens with zero attached hydrogens (tertiary/aromatic N) is 2. The Labute approximate surface area is 153 Å². The van der Waals surface area contributed by atoms with Crippen molar-refractivity contribution in [1.29, 1.82) is 0 Å². The summed E-state index contributed by atoms with van der Waals surface area (Å²) in [6.07, 6.45) is 5.48. The van der Waals surface area contributed by atoms with Crippen LogP contribution in [-0.4, -0.2) is 50.0 Å². The van der Waals surface area contributed by atoms with Gasteiger partial charge in [-0.1, -0.05) is 32.1 Å². The zero-order chi connectivity index (χ0) is 18.1. The quantitative estimate of drug-likeness (QED) is 0.328. The van der Waals surface area contributed by atoms with Gasteiger partial charge in [-0.3, -0.25) is 4.99 Å². The smallest absolute Gasteiger partial charge is 0.361 e. The first-order valence-corrected chi connectivity index (χ1v) is 10.1. The molecule has 0 radical (unpaired) electrons. The molecule has 1 heterocycles. The van der Waals surface area contributed by atoms with Crippen LogP contribution in [0.4, 0.5) is 13.2 Å². The summed E-state index contributed by atoms with van der Waals surface area (Å²) < 4.78 is 41.1. The predicted octanol–water partition coefficient (Wildman–Crippen LogP) is 5.23. The van der Waals surface area contributed by atoms with E-state index in [-0.39, 0.29) is 5.94 Å². The maximum Gasteiger partial charge on any atom is 0.411 e. The molecule has 0 aromatic heterocycles. The van der Waals surface area contributed by atoms with Crippen LogP contribution < -0.4 is 0 Å². The first-order valence-electron chi connectivity index (χ1n) is 9.16. The second-order valence-corrected chi connectivity index (χ2v) is 7.91. The van der Waals surface area contributed by atoms with Gasteiger partial charge in [0.15, 0.2) is 0 Å². The van der Waals surface area contributed by atoms with Crippen LogP contribution in [-0.2, 0) is 4.74 Å². The number of hydrogen-bond donors (Lipinski definition) is 0. The Morgan fingerprint density at radius 2 is 1.88 bits per heavy atom. The van der Waals surface area contributed by atoms with E-state index in [9.17, 15) is 13.2 Å². The van der Waals surface area contributed by atoms with Crippen LogP contribution in [0, 0.1) is 5.92 Å². The van der Waals surface area contributed by atoms with Crippen molar-refractivity contribution in [3.8, 4) is 0 Å².